The van der Waals surface area contributed by atoms with Crippen LogP contribution >= 0.6 is 0 Å². The summed E-state index contributed by atoms with van der Waals surface area (Å²) in [6.07, 6.45) is 5.66. The third kappa shape index (κ3) is 3.74. The van der Waals surface area contributed by atoms with Gasteiger partial charge in [-0.25, -0.2) is 4.68 Å². The Balaban J connectivity index is 1.63. The van der Waals surface area contributed by atoms with Crippen LogP contribution in [0.3, 0.4) is 0 Å². The topological polar surface area (TPSA) is 88.8 Å². The minimum Gasteiger partial charge on any atom is -0.340 e. The van der Waals surface area contributed by atoms with Crippen molar-refractivity contribution in [2.24, 2.45) is 5.92 Å². The molecule has 3 heterocycles. The SMILES string of the molecule is CC(C)Cn1[nH]c(CC(=O)N2CCCC(n3ccnn3)C2)cc1=O. The van der Waals surface area contributed by atoms with Crippen LogP contribution in [0.15, 0.2) is 23.3 Å². The molecule has 1 saturated heterocycles. The number of amides is 1. The molecule has 1 unspecified atom stereocenters. The molecule has 1 N–H and O–H groups in total. The summed E-state index contributed by atoms with van der Waals surface area (Å²) in [4.78, 5) is 26.4. The van der Waals surface area contributed by atoms with Crippen molar-refractivity contribution >= 4 is 5.91 Å². The number of rotatable bonds is 5. The maximum atomic E-state index is 12.6. The maximum absolute atomic E-state index is 12.6. The van der Waals surface area contributed by atoms with Crippen LogP contribution in [0.5, 0.6) is 0 Å². The lowest BCUT2D eigenvalue weighted by Crippen LogP contribution is -2.41. The van der Waals surface area contributed by atoms with Gasteiger partial charge in [-0.2, -0.15) is 0 Å². The summed E-state index contributed by atoms with van der Waals surface area (Å²) < 4.78 is 3.39. The van der Waals surface area contributed by atoms with Gasteiger partial charge in [0.2, 0.25) is 5.91 Å². The van der Waals surface area contributed by atoms with Crippen LogP contribution in [0, 0.1) is 5.92 Å². The van der Waals surface area contributed by atoms with Crippen LogP contribution < -0.4 is 5.56 Å². The second-order valence-electron chi connectivity index (χ2n) is 6.82. The van der Waals surface area contributed by atoms with Gasteiger partial charge in [-0.3, -0.25) is 19.4 Å². The average molecular weight is 332 g/mol. The third-order valence-corrected chi connectivity index (χ3v) is 4.30. The summed E-state index contributed by atoms with van der Waals surface area (Å²) >= 11 is 0. The standard InChI is InChI=1S/C16H24N6O2/c1-12(2)10-22-16(24)9-13(18-22)8-15(23)20-6-3-4-14(11-20)21-7-5-17-19-21/h5,7,9,12,14,18H,3-4,6,8,10-11H2,1-2H3. The number of likely N-dealkylation sites (tertiary alicyclic amines) is 1. The molecule has 130 valence electrons. The highest BCUT2D eigenvalue weighted by Crippen LogP contribution is 2.20. The van der Waals surface area contributed by atoms with Gasteiger partial charge in [0.15, 0.2) is 0 Å². The molecule has 1 aliphatic heterocycles. The Morgan fingerprint density at radius 2 is 2.29 bits per heavy atom. The van der Waals surface area contributed by atoms with Gasteiger partial charge in [0.05, 0.1) is 18.7 Å². The van der Waals surface area contributed by atoms with Crippen molar-refractivity contribution in [1.29, 1.82) is 0 Å². The summed E-state index contributed by atoms with van der Waals surface area (Å²) in [5, 5.41) is 10.9. The molecule has 24 heavy (non-hydrogen) atoms. The van der Waals surface area contributed by atoms with Crippen molar-refractivity contribution < 1.29 is 4.79 Å². The number of hydrogen-bond donors (Lipinski definition) is 1. The fraction of sp³-hybridized carbons (Fsp3) is 0.625. The lowest BCUT2D eigenvalue weighted by atomic mass is 10.1. The molecule has 0 saturated carbocycles. The molecule has 2 aromatic heterocycles. The molecule has 0 bridgehead atoms. The lowest BCUT2D eigenvalue weighted by molar-refractivity contribution is -0.132. The number of carbonyl (C=O) groups is 1. The maximum Gasteiger partial charge on any atom is 0.266 e. The summed E-state index contributed by atoms with van der Waals surface area (Å²) in [7, 11) is 0. The van der Waals surface area contributed by atoms with E-state index in [2.05, 4.69) is 29.3 Å². The first kappa shape index (κ1) is 16.5. The fourth-order valence-corrected chi connectivity index (χ4v) is 3.16. The average Bonchev–Trinajstić information content (AvgIpc) is 3.18. The first-order chi connectivity index (χ1) is 11.5. The van der Waals surface area contributed by atoms with E-state index in [0.29, 0.717) is 24.7 Å². The van der Waals surface area contributed by atoms with Crippen molar-refractivity contribution in [3.63, 3.8) is 0 Å². The Labute approximate surface area is 140 Å². The fourth-order valence-electron chi connectivity index (χ4n) is 3.16. The number of nitrogens with zero attached hydrogens (tertiary/aromatic N) is 5. The molecule has 1 fully saturated rings. The Kier molecular flexibility index (Phi) is 4.82. The van der Waals surface area contributed by atoms with Gasteiger partial charge in [0.25, 0.3) is 5.56 Å². The van der Waals surface area contributed by atoms with Gasteiger partial charge >= 0.3 is 0 Å². The Morgan fingerprint density at radius 1 is 1.46 bits per heavy atom. The van der Waals surface area contributed by atoms with Gasteiger partial charge in [-0.15, -0.1) is 5.10 Å². The molecule has 1 amide bonds. The molecule has 1 atom stereocenters. The lowest BCUT2D eigenvalue weighted by Gasteiger charge is -2.32. The number of aromatic nitrogens is 5. The summed E-state index contributed by atoms with van der Waals surface area (Å²) in [5.74, 6) is 0.410. The van der Waals surface area contributed by atoms with E-state index in [1.165, 1.54) is 6.07 Å². The summed E-state index contributed by atoms with van der Waals surface area (Å²) in [6, 6.07) is 1.70. The number of nitrogens with one attached hydrogen (secondary N) is 1. The van der Waals surface area contributed by atoms with E-state index < -0.39 is 0 Å². The molecule has 0 radical (unpaired) electrons. The monoisotopic (exact) mass is 332 g/mol. The molecular formula is C16H24N6O2. The minimum absolute atomic E-state index is 0.0396. The van der Waals surface area contributed by atoms with Crippen molar-refractivity contribution in [2.75, 3.05) is 13.1 Å². The van der Waals surface area contributed by atoms with E-state index in [1.807, 2.05) is 15.8 Å². The molecule has 0 aromatic carbocycles. The van der Waals surface area contributed by atoms with Crippen molar-refractivity contribution in [2.45, 2.75) is 45.7 Å². The van der Waals surface area contributed by atoms with Crippen LogP contribution in [0.4, 0.5) is 0 Å². The van der Waals surface area contributed by atoms with Crippen molar-refractivity contribution in [3.05, 3.63) is 34.5 Å². The third-order valence-electron chi connectivity index (χ3n) is 4.30. The van der Waals surface area contributed by atoms with E-state index in [1.54, 1.807) is 10.9 Å². The van der Waals surface area contributed by atoms with Crippen LogP contribution in [-0.4, -0.2) is 48.7 Å². The number of H-pyrrole nitrogens is 1. The number of piperidine rings is 1. The van der Waals surface area contributed by atoms with Gasteiger partial charge in [-0.1, -0.05) is 19.1 Å². The molecule has 8 nitrogen and oxygen atoms in total. The first-order valence-corrected chi connectivity index (χ1v) is 8.45. The van der Waals surface area contributed by atoms with Crippen molar-refractivity contribution in [1.82, 2.24) is 29.7 Å². The van der Waals surface area contributed by atoms with Gasteiger partial charge in [0, 0.05) is 37.6 Å². The van der Waals surface area contributed by atoms with Crippen LogP contribution in [0.2, 0.25) is 0 Å². The van der Waals surface area contributed by atoms with Gasteiger partial charge in [-0.05, 0) is 18.8 Å². The second-order valence-corrected chi connectivity index (χ2v) is 6.82. The van der Waals surface area contributed by atoms with Crippen LogP contribution in [-0.2, 0) is 17.8 Å². The molecule has 3 rings (SSSR count). The zero-order valence-electron chi connectivity index (χ0n) is 14.2. The predicted octanol–water partition coefficient (Wildman–Crippen LogP) is 0.830. The van der Waals surface area contributed by atoms with E-state index in [4.69, 9.17) is 0 Å². The zero-order chi connectivity index (χ0) is 17.1. The summed E-state index contributed by atoms with van der Waals surface area (Å²) in [5.41, 5.74) is 0.596. The molecular weight excluding hydrogens is 308 g/mol. The van der Waals surface area contributed by atoms with Crippen LogP contribution in [0.25, 0.3) is 0 Å². The van der Waals surface area contributed by atoms with Crippen LogP contribution in [0.1, 0.15) is 38.4 Å². The van der Waals surface area contributed by atoms with Gasteiger partial charge in [0.1, 0.15) is 0 Å². The van der Waals surface area contributed by atoms with E-state index in [-0.39, 0.29) is 23.9 Å². The van der Waals surface area contributed by atoms with Gasteiger partial charge < -0.3 is 4.90 Å². The highest BCUT2D eigenvalue weighted by atomic mass is 16.2. The normalized spacial score (nSPS) is 18.3. The van der Waals surface area contributed by atoms with E-state index in [9.17, 15) is 9.59 Å². The Morgan fingerprint density at radius 3 is 3.00 bits per heavy atom. The smallest absolute Gasteiger partial charge is 0.266 e. The van der Waals surface area contributed by atoms with E-state index in [0.717, 1.165) is 19.4 Å². The number of hydrogen-bond acceptors (Lipinski definition) is 4. The Hall–Kier alpha value is -2.38. The largest absolute Gasteiger partial charge is 0.340 e. The Bertz CT molecular complexity index is 730. The molecule has 1 aliphatic rings. The minimum atomic E-state index is -0.0781. The highest BCUT2D eigenvalue weighted by molar-refractivity contribution is 5.78. The molecule has 8 heteroatoms. The molecule has 0 aliphatic carbocycles. The van der Waals surface area contributed by atoms with E-state index >= 15 is 0 Å². The predicted molar refractivity (Wildman–Crippen MR) is 88.5 cm³/mol. The highest BCUT2D eigenvalue weighted by Gasteiger charge is 2.25. The second kappa shape index (κ2) is 7.02. The number of aromatic amines is 1. The molecule has 0 spiro atoms. The van der Waals surface area contributed by atoms with Crippen molar-refractivity contribution in [3.8, 4) is 0 Å². The number of carbonyl (C=O) groups excluding carboxylic acids is 1. The first-order valence-electron chi connectivity index (χ1n) is 8.45. The zero-order valence-corrected chi connectivity index (χ0v) is 14.2. The quantitative estimate of drug-likeness (QED) is 0.878. The summed E-state index contributed by atoms with van der Waals surface area (Å²) in [6.45, 7) is 6.12. The molecule has 2 aromatic rings.